The molecular formula is C12H16N2O2. The summed E-state index contributed by atoms with van der Waals surface area (Å²) in [7, 11) is 0. The molecule has 4 nitrogen and oxygen atoms in total. The molecule has 0 spiro atoms. The standard InChI is InChI=1S/C12H16N2O2/c1-12(7-3-2-6-11(12)15)14(16)9-10-5-4-8-13-10/h4-5,8-9,16H,2-3,6-7H2,1H3/t12-/m1/s1. The molecule has 2 rings (SSSR count). The number of ketones is 1. The Morgan fingerprint density at radius 1 is 1.56 bits per heavy atom. The minimum absolute atomic E-state index is 0.101. The Balaban J connectivity index is 2.16. The van der Waals surface area contributed by atoms with Crippen LogP contribution < -0.4 is 0 Å². The molecule has 0 amide bonds. The van der Waals surface area contributed by atoms with E-state index in [0.717, 1.165) is 17.9 Å². The summed E-state index contributed by atoms with van der Waals surface area (Å²) in [5.74, 6) is 0.101. The Kier molecular flexibility index (Phi) is 2.92. The molecule has 1 atom stereocenters. The van der Waals surface area contributed by atoms with Gasteiger partial charge in [0, 0.05) is 12.6 Å². The lowest BCUT2D eigenvalue weighted by molar-refractivity contribution is -0.162. The normalized spacial score (nSPS) is 31.4. The summed E-state index contributed by atoms with van der Waals surface area (Å²) in [6.45, 7) is 1.79. The minimum atomic E-state index is -0.781. The van der Waals surface area contributed by atoms with Gasteiger partial charge in [-0.25, -0.2) is 5.06 Å². The van der Waals surface area contributed by atoms with E-state index in [2.05, 4.69) is 4.99 Å². The second-order valence-corrected chi connectivity index (χ2v) is 4.44. The van der Waals surface area contributed by atoms with Crippen molar-refractivity contribution in [2.45, 2.75) is 38.1 Å². The molecule has 1 saturated carbocycles. The average molecular weight is 220 g/mol. The third-order valence-corrected chi connectivity index (χ3v) is 3.25. The molecule has 4 heteroatoms. The number of aliphatic imine (C=N–C) groups is 1. The van der Waals surface area contributed by atoms with Crippen LogP contribution in [0.2, 0.25) is 0 Å². The molecule has 16 heavy (non-hydrogen) atoms. The summed E-state index contributed by atoms with van der Waals surface area (Å²) in [6, 6.07) is 0. The zero-order valence-electron chi connectivity index (χ0n) is 9.39. The van der Waals surface area contributed by atoms with Crippen molar-refractivity contribution >= 4 is 12.0 Å². The summed E-state index contributed by atoms with van der Waals surface area (Å²) in [5.41, 5.74) is -0.112. The number of hydrogen-bond donors (Lipinski definition) is 1. The molecular weight excluding hydrogens is 204 g/mol. The van der Waals surface area contributed by atoms with Crippen LogP contribution in [-0.4, -0.2) is 27.8 Å². The SMILES string of the molecule is C[C@@]1(N(O)C=C2C=CC=N2)CCCCC1=O. The van der Waals surface area contributed by atoms with Crippen molar-refractivity contribution in [1.82, 2.24) is 5.06 Å². The average Bonchev–Trinajstić information content (AvgIpc) is 2.75. The van der Waals surface area contributed by atoms with Gasteiger partial charge in [0.2, 0.25) is 0 Å². The smallest absolute Gasteiger partial charge is 0.160 e. The van der Waals surface area contributed by atoms with Crippen molar-refractivity contribution in [3.63, 3.8) is 0 Å². The molecule has 0 aromatic carbocycles. The minimum Gasteiger partial charge on any atom is -0.297 e. The highest BCUT2D eigenvalue weighted by atomic mass is 16.5. The maximum absolute atomic E-state index is 11.8. The molecule has 1 aliphatic heterocycles. The number of rotatable bonds is 2. The second kappa shape index (κ2) is 4.22. The summed E-state index contributed by atoms with van der Waals surface area (Å²) < 4.78 is 0. The van der Waals surface area contributed by atoms with Gasteiger partial charge in [-0.3, -0.25) is 15.0 Å². The number of carbonyl (C=O) groups is 1. The number of allylic oxidation sites excluding steroid dienone is 2. The van der Waals surface area contributed by atoms with E-state index in [1.165, 1.54) is 6.20 Å². The third kappa shape index (κ3) is 1.93. The van der Waals surface area contributed by atoms with E-state index in [-0.39, 0.29) is 5.78 Å². The van der Waals surface area contributed by atoms with Crippen LogP contribution >= 0.6 is 0 Å². The van der Waals surface area contributed by atoms with E-state index in [4.69, 9.17) is 0 Å². The molecule has 0 aromatic heterocycles. The third-order valence-electron chi connectivity index (χ3n) is 3.25. The van der Waals surface area contributed by atoms with Crippen molar-refractivity contribution in [3.05, 3.63) is 24.0 Å². The number of Topliss-reactive ketones (excluding diaryl/α,β-unsaturated/α-hetero) is 1. The second-order valence-electron chi connectivity index (χ2n) is 4.44. The molecule has 1 heterocycles. The van der Waals surface area contributed by atoms with Crippen molar-refractivity contribution in [2.24, 2.45) is 4.99 Å². The lowest BCUT2D eigenvalue weighted by Gasteiger charge is -2.37. The predicted molar refractivity (Wildman–Crippen MR) is 61.2 cm³/mol. The summed E-state index contributed by atoms with van der Waals surface area (Å²) >= 11 is 0. The summed E-state index contributed by atoms with van der Waals surface area (Å²) in [5, 5.41) is 11.0. The fraction of sp³-hybridized carbons (Fsp3) is 0.500. The van der Waals surface area contributed by atoms with Gasteiger partial charge in [-0.05, 0) is 31.9 Å². The fourth-order valence-corrected chi connectivity index (χ4v) is 2.06. The Morgan fingerprint density at radius 3 is 3.00 bits per heavy atom. The molecule has 2 aliphatic rings. The van der Waals surface area contributed by atoms with Gasteiger partial charge < -0.3 is 0 Å². The van der Waals surface area contributed by atoms with E-state index in [9.17, 15) is 10.0 Å². The van der Waals surface area contributed by atoms with Gasteiger partial charge in [0.15, 0.2) is 5.78 Å². The molecule has 1 N–H and O–H groups in total. The van der Waals surface area contributed by atoms with Gasteiger partial charge in [-0.2, -0.15) is 0 Å². The van der Waals surface area contributed by atoms with E-state index in [0.29, 0.717) is 18.5 Å². The van der Waals surface area contributed by atoms with Gasteiger partial charge in [-0.1, -0.05) is 6.42 Å². The van der Waals surface area contributed by atoms with Crippen molar-refractivity contribution in [3.8, 4) is 0 Å². The molecule has 0 saturated heterocycles. The van der Waals surface area contributed by atoms with Crippen LogP contribution in [0.3, 0.4) is 0 Å². The van der Waals surface area contributed by atoms with Crippen LogP contribution in [0.15, 0.2) is 29.0 Å². The largest absolute Gasteiger partial charge is 0.297 e. The highest BCUT2D eigenvalue weighted by Crippen LogP contribution is 2.30. The maximum Gasteiger partial charge on any atom is 0.160 e. The number of carbonyl (C=O) groups excluding carboxylic acids is 1. The van der Waals surface area contributed by atoms with Gasteiger partial charge in [0.25, 0.3) is 0 Å². The Labute approximate surface area is 94.9 Å². The van der Waals surface area contributed by atoms with E-state index < -0.39 is 5.54 Å². The molecule has 1 fully saturated rings. The zero-order chi connectivity index (χ0) is 11.6. The highest BCUT2D eigenvalue weighted by Gasteiger charge is 2.39. The van der Waals surface area contributed by atoms with E-state index in [1.807, 2.05) is 0 Å². The van der Waals surface area contributed by atoms with E-state index >= 15 is 0 Å². The van der Waals surface area contributed by atoms with Gasteiger partial charge in [0.05, 0.1) is 11.9 Å². The molecule has 1 aliphatic carbocycles. The maximum atomic E-state index is 11.8. The molecule has 0 bridgehead atoms. The fourth-order valence-electron chi connectivity index (χ4n) is 2.06. The summed E-state index contributed by atoms with van der Waals surface area (Å²) in [4.78, 5) is 15.9. The predicted octanol–water partition coefficient (Wildman–Crippen LogP) is 2.06. The number of hydrogen-bond acceptors (Lipinski definition) is 4. The zero-order valence-corrected chi connectivity index (χ0v) is 9.39. The van der Waals surface area contributed by atoms with Crippen molar-refractivity contribution < 1.29 is 10.0 Å². The highest BCUT2D eigenvalue weighted by molar-refractivity contribution is 5.88. The topological polar surface area (TPSA) is 52.9 Å². The quantitative estimate of drug-likeness (QED) is 0.725. The molecule has 0 aromatic rings. The van der Waals surface area contributed by atoms with Crippen LogP contribution in [0, 0.1) is 0 Å². The first-order chi connectivity index (χ1) is 7.63. The molecule has 0 unspecified atom stereocenters. The van der Waals surface area contributed by atoms with Crippen molar-refractivity contribution in [1.29, 1.82) is 0 Å². The van der Waals surface area contributed by atoms with Crippen LogP contribution in [-0.2, 0) is 4.79 Å². The Bertz CT molecular complexity index is 370. The monoisotopic (exact) mass is 220 g/mol. The molecule has 0 radical (unpaired) electrons. The first kappa shape index (κ1) is 11.1. The van der Waals surface area contributed by atoms with Crippen LogP contribution in [0.5, 0.6) is 0 Å². The first-order valence-corrected chi connectivity index (χ1v) is 5.57. The van der Waals surface area contributed by atoms with Crippen LogP contribution in [0.1, 0.15) is 32.6 Å². The van der Waals surface area contributed by atoms with Gasteiger partial charge in [-0.15, -0.1) is 0 Å². The number of hydroxylamine groups is 2. The Morgan fingerprint density at radius 2 is 2.38 bits per heavy atom. The van der Waals surface area contributed by atoms with Crippen LogP contribution in [0.25, 0.3) is 0 Å². The van der Waals surface area contributed by atoms with E-state index in [1.54, 1.807) is 25.3 Å². The van der Waals surface area contributed by atoms with Gasteiger partial charge in [0.1, 0.15) is 5.54 Å². The first-order valence-electron chi connectivity index (χ1n) is 5.57. The van der Waals surface area contributed by atoms with Crippen molar-refractivity contribution in [2.75, 3.05) is 0 Å². The van der Waals surface area contributed by atoms with Gasteiger partial charge >= 0.3 is 0 Å². The molecule has 86 valence electrons. The lowest BCUT2D eigenvalue weighted by Crippen LogP contribution is -2.50. The number of nitrogens with zero attached hydrogens (tertiary/aromatic N) is 2. The van der Waals surface area contributed by atoms with Crippen LogP contribution in [0.4, 0.5) is 0 Å². The lowest BCUT2D eigenvalue weighted by atomic mass is 9.82. The summed E-state index contributed by atoms with van der Waals surface area (Å²) in [6.07, 6.45) is 9.91. The Hall–Kier alpha value is -1.42.